The molecule has 1 heterocycles. The quantitative estimate of drug-likeness (QED) is 0.908. The number of hydrogen-bond donors (Lipinski definition) is 1. The Morgan fingerprint density at radius 1 is 1.19 bits per heavy atom. The number of rotatable bonds is 2. The molecule has 1 aliphatic carbocycles. The van der Waals surface area contributed by atoms with E-state index in [4.69, 9.17) is 0 Å². The monoisotopic (exact) mass is 290 g/mol. The molecule has 2 aliphatic rings. The van der Waals surface area contributed by atoms with Gasteiger partial charge in [-0.2, -0.15) is 0 Å². The van der Waals surface area contributed by atoms with Gasteiger partial charge in [-0.3, -0.25) is 10.1 Å². The molecular weight excluding hydrogens is 267 g/mol. The van der Waals surface area contributed by atoms with Crippen LogP contribution in [0.1, 0.15) is 44.8 Å². The van der Waals surface area contributed by atoms with Crippen molar-refractivity contribution in [1.82, 2.24) is 10.2 Å². The van der Waals surface area contributed by atoms with Gasteiger partial charge in [0, 0.05) is 6.04 Å². The summed E-state index contributed by atoms with van der Waals surface area (Å²) in [6, 6.07) is 6.83. The molecule has 1 aromatic carbocycles. The molecule has 114 valence electrons. The predicted molar refractivity (Wildman–Crippen MR) is 80.0 cm³/mol. The Labute approximate surface area is 125 Å². The summed E-state index contributed by atoms with van der Waals surface area (Å²) in [4.78, 5) is 14.3. The fraction of sp³-hybridized carbons (Fsp3) is 0.588. The molecular formula is C17H23FN2O. The summed E-state index contributed by atoms with van der Waals surface area (Å²) in [5, 5.41) is 3.24. The zero-order valence-corrected chi connectivity index (χ0v) is 12.7. The van der Waals surface area contributed by atoms with Gasteiger partial charge in [0.25, 0.3) is 0 Å². The van der Waals surface area contributed by atoms with E-state index in [2.05, 4.69) is 19.2 Å². The molecule has 21 heavy (non-hydrogen) atoms. The fourth-order valence-corrected chi connectivity index (χ4v) is 4.02. The number of carbonyl (C=O) groups excluding carboxylic acids is 1. The Morgan fingerprint density at radius 3 is 2.57 bits per heavy atom. The van der Waals surface area contributed by atoms with Crippen molar-refractivity contribution in [2.75, 3.05) is 6.54 Å². The molecule has 3 rings (SSSR count). The Kier molecular flexibility index (Phi) is 3.98. The lowest BCUT2D eigenvalue weighted by molar-refractivity contribution is -0.131. The van der Waals surface area contributed by atoms with E-state index in [-0.39, 0.29) is 23.9 Å². The third kappa shape index (κ3) is 2.95. The number of carbonyl (C=O) groups is 1. The lowest BCUT2D eigenvalue weighted by Gasteiger charge is -2.40. The number of amides is 1. The van der Waals surface area contributed by atoms with Gasteiger partial charge >= 0.3 is 0 Å². The molecule has 1 saturated carbocycles. The van der Waals surface area contributed by atoms with Crippen molar-refractivity contribution in [3.8, 4) is 0 Å². The van der Waals surface area contributed by atoms with Crippen molar-refractivity contribution < 1.29 is 9.18 Å². The molecule has 1 amide bonds. The summed E-state index contributed by atoms with van der Waals surface area (Å²) in [6.07, 6.45) is 3.14. The van der Waals surface area contributed by atoms with Gasteiger partial charge in [-0.25, -0.2) is 4.39 Å². The highest BCUT2D eigenvalue weighted by molar-refractivity contribution is 5.81. The lowest BCUT2D eigenvalue weighted by Crippen LogP contribution is -2.43. The molecule has 1 aromatic rings. The zero-order chi connectivity index (χ0) is 15.0. The molecule has 0 radical (unpaired) electrons. The van der Waals surface area contributed by atoms with Crippen LogP contribution in [0.15, 0.2) is 24.3 Å². The fourth-order valence-electron chi connectivity index (χ4n) is 4.02. The molecule has 0 spiro atoms. The molecule has 0 aromatic heterocycles. The van der Waals surface area contributed by atoms with Crippen LogP contribution in [-0.2, 0) is 4.79 Å². The minimum Gasteiger partial charge on any atom is -0.319 e. The summed E-state index contributed by atoms with van der Waals surface area (Å²) in [7, 11) is 0. The third-order valence-corrected chi connectivity index (χ3v) is 4.72. The van der Waals surface area contributed by atoms with Crippen LogP contribution in [0.25, 0.3) is 0 Å². The summed E-state index contributed by atoms with van der Waals surface area (Å²) in [6.45, 7) is 4.86. The molecule has 3 nitrogen and oxygen atoms in total. The predicted octanol–water partition coefficient (Wildman–Crippen LogP) is 3.08. The standard InChI is InChI=1S/C17H23FN2O/c1-11-6-12(2)8-15(7-11)20-16(21)10-19-17(20)13-4-3-5-14(18)9-13/h3-5,9,11-12,15,17,19H,6-8,10H2,1-2H3. The van der Waals surface area contributed by atoms with Crippen molar-refractivity contribution >= 4 is 5.91 Å². The third-order valence-electron chi connectivity index (χ3n) is 4.72. The van der Waals surface area contributed by atoms with Crippen molar-refractivity contribution in [1.29, 1.82) is 0 Å². The molecule has 1 aliphatic heterocycles. The Morgan fingerprint density at radius 2 is 1.90 bits per heavy atom. The number of hydrogen-bond acceptors (Lipinski definition) is 2. The Balaban J connectivity index is 1.85. The molecule has 1 N–H and O–H groups in total. The van der Waals surface area contributed by atoms with Crippen molar-refractivity contribution in [2.24, 2.45) is 11.8 Å². The van der Waals surface area contributed by atoms with Crippen LogP contribution in [0.5, 0.6) is 0 Å². The summed E-state index contributed by atoms with van der Waals surface area (Å²) in [5.74, 6) is 1.16. The van der Waals surface area contributed by atoms with E-state index in [0.717, 1.165) is 18.4 Å². The summed E-state index contributed by atoms with van der Waals surface area (Å²) in [5.41, 5.74) is 0.840. The molecule has 1 saturated heterocycles. The largest absolute Gasteiger partial charge is 0.319 e. The topological polar surface area (TPSA) is 32.3 Å². The maximum Gasteiger partial charge on any atom is 0.238 e. The highest BCUT2D eigenvalue weighted by atomic mass is 19.1. The number of nitrogens with zero attached hydrogens (tertiary/aromatic N) is 1. The average molecular weight is 290 g/mol. The van der Waals surface area contributed by atoms with E-state index < -0.39 is 0 Å². The SMILES string of the molecule is CC1CC(C)CC(N2C(=O)CNC2c2cccc(F)c2)C1. The first-order chi connectivity index (χ1) is 10.0. The van der Waals surface area contributed by atoms with Gasteiger partial charge in [-0.1, -0.05) is 26.0 Å². The summed E-state index contributed by atoms with van der Waals surface area (Å²) >= 11 is 0. The highest BCUT2D eigenvalue weighted by Gasteiger charge is 2.39. The number of benzene rings is 1. The molecule has 2 fully saturated rings. The molecule has 4 heteroatoms. The average Bonchev–Trinajstić information content (AvgIpc) is 2.79. The maximum atomic E-state index is 13.5. The zero-order valence-electron chi connectivity index (χ0n) is 12.7. The first-order valence-corrected chi connectivity index (χ1v) is 7.84. The lowest BCUT2D eigenvalue weighted by atomic mass is 9.79. The van der Waals surface area contributed by atoms with Crippen LogP contribution in [-0.4, -0.2) is 23.4 Å². The van der Waals surface area contributed by atoms with Crippen molar-refractivity contribution in [3.05, 3.63) is 35.6 Å². The van der Waals surface area contributed by atoms with E-state index in [1.807, 2.05) is 11.0 Å². The minimum atomic E-state index is -0.251. The normalized spacial score (nSPS) is 33.5. The Bertz CT molecular complexity index is 523. The highest BCUT2D eigenvalue weighted by Crippen LogP contribution is 2.36. The van der Waals surface area contributed by atoms with Gasteiger partial charge in [-0.15, -0.1) is 0 Å². The molecule has 3 atom stereocenters. The van der Waals surface area contributed by atoms with E-state index in [9.17, 15) is 9.18 Å². The summed E-state index contributed by atoms with van der Waals surface area (Å²) < 4.78 is 13.5. The molecule has 0 bridgehead atoms. The van der Waals surface area contributed by atoms with Crippen LogP contribution in [0.3, 0.4) is 0 Å². The second-order valence-corrected chi connectivity index (χ2v) is 6.71. The van der Waals surface area contributed by atoms with E-state index in [1.54, 1.807) is 6.07 Å². The van der Waals surface area contributed by atoms with Crippen LogP contribution in [0.2, 0.25) is 0 Å². The van der Waals surface area contributed by atoms with Gasteiger partial charge in [-0.05, 0) is 48.8 Å². The second kappa shape index (κ2) is 5.76. The second-order valence-electron chi connectivity index (χ2n) is 6.71. The van der Waals surface area contributed by atoms with Gasteiger partial charge in [0.2, 0.25) is 5.91 Å². The smallest absolute Gasteiger partial charge is 0.238 e. The molecule has 3 unspecified atom stereocenters. The number of halogens is 1. The number of nitrogens with one attached hydrogen (secondary N) is 1. The van der Waals surface area contributed by atoms with Crippen LogP contribution in [0.4, 0.5) is 4.39 Å². The van der Waals surface area contributed by atoms with E-state index in [0.29, 0.717) is 18.4 Å². The van der Waals surface area contributed by atoms with Gasteiger partial charge in [0.05, 0.1) is 6.54 Å². The first-order valence-electron chi connectivity index (χ1n) is 7.84. The van der Waals surface area contributed by atoms with Gasteiger partial charge in [0.1, 0.15) is 12.0 Å². The Hall–Kier alpha value is -1.42. The minimum absolute atomic E-state index is 0.135. The van der Waals surface area contributed by atoms with Crippen LogP contribution in [0, 0.1) is 17.7 Å². The first kappa shape index (κ1) is 14.5. The van der Waals surface area contributed by atoms with E-state index in [1.165, 1.54) is 18.6 Å². The van der Waals surface area contributed by atoms with E-state index >= 15 is 0 Å². The van der Waals surface area contributed by atoms with Crippen LogP contribution < -0.4 is 5.32 Å². The van der Waals surface area contributed by atoms with Gasteiger partial charge in [0.15, 0.2) is 0 Å². The van der Waals surface area contributed by atoms with Crippen molar-refractivity contribution in [3.63, 3.8) is 0 Å². The van der Waals surface area contributed by atoms with Crippen LogP contribution >= 0.6 is 0 Å². The van der Waals surface area contributed by atoms with Crippen molar-refractivity contribution in [2.45, 2.75) is 45.3 Å². The maximum absolute atomic E-state index is 13.5. The van der Waals surface area contributed by atoms with Gasteiger partial charge < -0.3 is 4.90 Å².